The van der Waals surface area contributed by atoms with Crippen LogP contribution in [0.5, 0.6) is 0 Å². The summed E-state index contributed by atoms with van der Waals surface area (Å²) in [5, 5.41) is 2.84. The van der Waals surface area contributed by atoms with Crippen LogP contribution in [-0.2, 0) is 4.79 Å². The summed E-state index contributed by atoms with van der Waals surface area (Å²) in [4.78, 5) is 19.4. The van der Waals surface area contributed by atoms with Crippen LogP contribution in [0.15, 0.2) is 12.3 Å². The zero-order valence-corrected chi connectivity index (χ0v) is 11.4. The summed E-state index contributed by atoms with van der Waals surface area (Å²) in [5.41, 5.74) is 0.112. The SMILES string of the molecule is CC(CC(=O)Nc1ccnc(Cl)n1)C(C)(C)C. The number of nitrogens with one attached hydrogen (secondary N) is 1. The van der Waals surface area contributed by atoms with Crippen molar-refractivity contribution in [2.45, 2.75) is 34.1 Å². The van der Waals surface area contributed by atoms with Gasteiger partial charge in [0.1, 0.15) is 5.82 Å². The number of carbonyl (C=O) groups is 1. The number of anilines is 1. The molecule has 0 saturated heterocycles. The van der Waals surface area contributed by atoms with Crippen LogP contribution in [0.4, 0.5) is 5.82 Å². The number of amides is 1. The van der Waals surface area contributed by atoms with Crippen molar-refractivity contribution in [2.24, 2.45) is 11.3 Å². The molecule has 1 aromatic rings. The number of halogens is 1. The smallest absolute Gasteiger partial charge is 0.225 e. The Morgan fingerprint density at radius 2 is 2.18 bits per heavy atom. The zero-order chi connectivity index (χ0) is 13.1. The maximum Gasteiger partial charge on any atom is 0.225 e. The Kier molecular flexibility index (Phi) is 4.46. The van der Waals surface area contributed by atoms with E-state index in [4.69, 9.17) is 11.6 Å². The van der Waals surface area contributed by atoms with E-state index in [0.717, 1.165) is 0 Å². The molecular formula is C12H18ClN3O. The molecule has 1 heterocycles. The summed E-state index contributed by atoms with van der Waals surface area (Å²) in [7, 11) is 0. The lowest BCUT2D eigenvalue weighted by Crippen LogP contribution is -2.24. The van der Waals surface area contributed by atoms with Gasteiger partial charge in [-0.15, -0.1) is 0 Å². The molecule has 1 unspecified atom stereocenters. The third kappa shape index (κ3) is 4.69. The quantitative estimate of drug-likeness (QED) is 0.845. The van der Waals surface area contributed by atoms with Crippen molar-refractivity contribution < 1.29 is 4.79 Å². The minimum atomic E-state index is -0.0535. The van der Waals surface area contributed by atoms with Gasteiger partial charge in [0.05, 0.1) is 0 Å². The fourth-order valence-electron chi connectivity index (χ4n) is 1.18. The van der Waals surface area contributed by atoms with Crippen LogP contribution in [0, 0.1) is 11.3 Å². The molecule has 0 aromatic carbocycles. The highest BCUT2D eigenvalue weighted by Gasteiger charge is 2.22. The van der Waals surface area contributed by atoms with Gasteiger partial charge in [0.25, 0.3) is 0 Å². The molecule has 0 aliphatic rings. The van der Waals surface area contributed by atoms with Crippen molar-refractivity contribution in [3.63, 3.8) is 0 Å². The molecule has 1 rings (SSSR count). The molecule has 17 heavy (non-hydrogen) atoms. The minimum absolute atomic E-state index is 0.0535. The summed E-state index contributed by atoms with van der Waals surface area (Å²) in [6, 6.07) is 1.62. The van der Waals surface area contributed by atoms with Crippen molar-refractivity contribution in [1.82, 2.24) is 9.97 Å². The summed E-state index contributed by atoms with van der Waals surface area (Å²) in [6.45, 7) is 8.41. The van der Waals surface area contributed by atoms with Crippen molar-refractivity contribution >= 4 is 23.3 Å². The van der Waals surface area contributed by atoms with Gasteiger partial charge in [-0.2, -0.15) is 0 Å². The maximum atomic E-state index is 11.8. The van der Waals surface area contributed by atoms with E-state index in [2.05, 4.69) is 43.0 Å². The van der Waals surface area contributed by atoms with Gasteiger partial charge < -0.3 is 5.32 Å². The predicted molar refractivity (Wildman–Crippen MR) is 68.9 cm³/mol. The third-order valence-corrected chi connectivity index (χ3v) is 3.05. The Morgan fingerprint density at radius 3 is 2.71 bits per heavy atom. The second kappa shape index (κ2) is 5.45. The summed E-state index contributed by atoms with van der Waals surface area (Å²) in [5.74, 6) is 0.679. The summed E-state index contributed by atoms with van der Waals surface area (Å²) >= 11 is 5.63. The first-order valence-corrected chi connectivity index (χ1v) is 5.95. The maximum absolute atomic E-state index is 11.8. The van der Waals surface area contributed by atoms with Crippen LogP contribution >= 0.6 is 11.6 Å². The highest BCUT2D eigenvalue weighted by atomic mass is 35.5. The fraction of sp³-hybridized carbons (Fsp3) is 0.583. The first-order chi connectivity index (χ1) is 7.79. The second-order valence-electron chi connectivity index (χ2n) is 5.23. The number of aromatic nitrogens is 2. The van der Waals surface area contributed by atoms with E-state index in [1.54, 1.807) is 6.07 Å². The average molecular weight is 256 g/mol. The molecule has 0 radical (unpaired) electrons. The molecule has 0 aliphatic carbocycles. The third-order valence-electron chi connectivity index (χ3n) is 2.86. The van der Waals surface area contributed by atoms with Gasteiger partial charge in [0.15, 0.2) is 0 Å². The molecule has 0 saturated carbocycles. The molecule has 0 spiro atoms. The van der Waals surface area contributed by atoms with Gasteiger partial charge in [0.2, 0.25) is 11.2 Å². The highest BCUT2D eigenvalue weighted by Crippen LogP contribution is 2.28. The van der Waals surface area contributed by atoms with E-state index in [9.17, 15) is 4.79 Å². The molecule has 1 aromatic heterocycles. The number of rotatable bonds is 3. The van der Waals surface area contributed by atoms with Crippen LogP contribution in [0.25, 0.3) is 0 Å². The highest BCUT2D eigenvalue weighted by molar-refractivity contribution is 6.28. The Morgan fingerprint density at radius 1 is 1.53 bits per heavy atom. The predicted octanol–water partition coefficient (Wildman–Crippen LogP) is 3.14. The molecular weight excluding hydrogens is 238 g/mol. The Hall–Kier alpha value is -1.16. The van der Waals surface area contributed by atoms with Crippen molar-refractivity contribution in [3.05, 3.63) is 17.5 Å². The Labute approximate surface area is 107 Å². The van der Waals surface area contributed by atoms with E-state index in [0.29, 0.717) is 18.2 Å². The van der Waals surface area contributed by atoms with Crippen LogP contribution in [0.2, 0.25) is 5.28 Å². The van der Waals surface area contributed by atoms with Gasteiger partial charge in [0, 0.05) is 12.6 Å². The summed E-state index contributed by atoms with van der Waals surface area (Å²) < 4.78 is 0. The van der Waals surface area contributed by atoms with Gasteiger partial charge in [-0.1, -0.05) is 27.7 Å². The molecule has 0 aliphatic heterocycles. The monoisotopic (exact) mass is 255 g/mol. The first-order valence-electron chi connectivity index (χ1n) is 5.57. The van der Waals surface area contributed by atoms with E-state index in [-0.39, 0.29) is 16.6 Å². The molecule has 5 heteroatoms. The average Bonchev–Trinajstić information content (AvgIpc) is 2.15. The second-order valence-corrected chi connectivity index (χ2v) is 5.57. The van der Waals surface area contributed by atoms with E-state index in [1.165, 1.54) is 6.20 Å². The number of carbonyl (C=O) groups excluding carboxylic acids is 1. The molecule has 4 nitrogen and oxygen atoms in total. The van der Waals surface area contributed by atoms with Gasteiger partial charge >= 0.3 is 0 Å². The first kappa shape index (κ1) is 13.9. The van der Waals surface area contributed by atoms with Crippen molar-refractivity contribution in [1.29, 1.82) is 0 Å². The van der Waals surface area contributed by atoms with Crippen LogP contribution in [0.1, 0.15) is 34.1 Å². The molecule has 0 bridgehead atoms. The lowest BCUT2D eigenvalue weighted by Gasteiger charge is -2.26. The van der Waals surface area contributed by atoms with Crippen LogP contribution in [-0.4, -0.2) is 15.9 Å². The lowest BCUT2D eigenvalue weighted by atomic mass is 9.80. The number of nitrogens with zero attached hydrogens (tertiary/aromatic N) is 2. The molecule has 1 N–H and O–H groups in total. The Bertz CT molecular complexity index is 401. The van der Waals surface area contributed by atoms with Gasteiger partial charge in [-0.3, -0.25) is 4.79 Å². The normalized spacial score (nSPS) is 13.2. The zero-order valence-electron chi connectivity index (χ0n) is 10.6. The minimum Gasteiger partial charge on any atom is -0.311 e. The van der Waals surface area contributed by atoms with Crippen LogP contribution < -0.4 is 5.32 Å². The molecule has 1 amide bonds. The standard InChI is InChI=1S/C12H18ClN3O/c1-8(12(2,3)4)7-10(17)15-9-5-6-14-11(13)16-9/h5-6,8H,7H2,1-4H3,(H,14,15,16,17). The Balaban J connectivity index is 2.56. The number of hydrogen-bond acceptors (Lipinski definition) is 3. The van der Waals surface area contributed by atoms with E-state index < -0.39 is 0 Å². The van der Waals surface area contributed by atoms with Gasteiger partial charge in [-0.25, -0.2) is 9.97 Å². The molecule has 0 fully saturated rings. The fourth-order valence-corrected chi connectivity index (χ4v) is 1.33. The largest absolute Gasteiger partial charge is 0.311 e. The van der Waals surface area contributed by atoms with Crippen LogP contribution in [0.3, 0.4) is 0 Å². The van der Waals surface area contributed by atoms with Gasteiger partial charge in [-0.05, 0) is 29.0 Å². The molecule has 94 valence electrons. The number of hydrogen-bond donors (Lipinski definition) is 1. The van der Waals surface area contributed by atoms with E-state index in [1.807, 2.05) is 0 Å². The summed E-state index contributed by atoms with van der Waals surface area (Å²) in [6.07, 6.45) is 1.98. The van der Waals surface area contributed by atoms with Crippen molar-refractivity contribution in [2.75, 3.05) is 5.32 Å². The molecule has 1 atom stereocenters. The van der Waals surface area contributed by atoms with Crippen molar-refractivity contribution in [3.8, 4) is 0 Å². The van der Waals surface area contributed by atoms with E-state index >= 15 is 0 Å². The lowest BCUT2D eigenvalue weighted by molar-refractivity contribution is -0.117. The topological polar surface area (TPSA) is 54.9 Å².